The second-order valence-electron chi connectivity index (χ2n) is 5.29. The summed E-state index contributed by atoms with van der Waals surface area (Å²) in [5, 5.41) is 5.54. The molecule has 1 N–H and O–H groups in total. The number of ether oxygens (including phenoxy) is 1. The van der Waals surface area contributed by atoms with Crippen molar-refractivity contribution in [3.8, 4) is 10.6 Å². The Morgan fingerprint density at radius 2 is 2.04 bits per heavy atom. The van der Waals surface area contributed by atoms with Gasteiger partial charge >= 0.3 is 0 Å². The summed E-state index contributed by atoms with van der Waals surface area (Å²) in [6.45, 7) is 2.48. The van der Waals surface area contributed by atoms with E-state index in [0.717, 1.165) is 15.4 Å². The third kappa shape index (κ3) is 3.90. The molecule has 0 unspecified atom stereocenters. The van der Waals surface area contributed by atoms with Gasteiger partial charge in [0, 0.05) is 34.4 Å². The van der Waals surface area contributed by atoms with Crippen LogP contribution in [0.1, 0.15) is 26.3 Å². The Bertz CT molecular complexity index is 811. The van der Waals surface area contributed by atoms with Gasteiger partial charge in [-0.2, -0.15) is 0 Å². The average molecular weight is 358 g/mol. The fraction of sp³-hybridized carbons (Fsp3) is 0.222. The van der Waals surface area contributed by atoms with E-state index in [1.165, 1.54) is 16.2 Å². The molecule has 0 radical (unpaired) electrons. The fourth-order valence-electron chi connectivity index (χ4n) is 2.29. The van der Waals surface area contributed by atoms with Crippen molar-refractivity contribution in [3.05, 3.63) is 63.3 Å². The van der Waals surface area contributed by atoms with Gasteiger partial charge in [0.2, 0.25) is 0 Å². The number of thiazole rings is 1. The van der Waals surface area contributed by atoms with Crippen molar-refractivity contribution in [1.29, 1.82) is 0 Å². The van der Waals surface area contributed by atoms with Crippen LogP contribution < -0.4 is 5.32 Å². The lowest BCUT2D eigenvalue weighted by Gasteiger charge is -2.14. The average Bonchev–Trinajstić information content (AvgIpc) is 3.26. The number of nitrogens with one attached hydrogen (secondary N) is 1. The highest BCUT2D eigenvalue weighted by atomic mass is 32.1. The van der Waals surface area contributed by atoms with E-state index < -0.39 is 0 Å². The van der Waals surface area contributed by atoms with Crippen molar-refractivity contribution in [2.45, 2.75) is 13.0 Å². The number of benzene rings is 1. The van der Waals surface area contributed by atoms with Crippen molar-refractivity contribution in [2.24, 2.45) is 0 Å². The van der Waals surface area contributed by atoms with E-state index in [4.69, 9.17) is 4.74 Å². The zero-order valence-electron chi connectivity index (χ0n) is 13.5. The first kappa shape index (κ1) is 16.8. The van der Waals surface area contributed by atoms with E-state index >= 15 is 0 Å². The molecule has 4 nitrogen and oxygen atoms in total. The largest absolute Gasteiger partial charge is 0.374 e. The monoisotopic (exact) mass is 358 g/mol. The lowest BCUT2D eigenvalue weighted by Crippen LogP contribution is -2.29. The molecule has 0 spiro atoms. The highest BCUT2D eigenvalue weighted by Gasteiger charge is 2.16. The van der Waals surface area contributed by atoms with Crippen molar-refractivity contribution in [2.75, 3.05) is 13.7 Å². The number of carbonyl (C=O) groups is 1. The van der Waals surface area contributed by atoms with Crippen LogP contribution in [-0.2, 0) is 4.74 Å². The van der Waals surface area contributed by atoms with Crippen LogP contribution in [0.3, 0.4) is 0 Å². The first-order chi connectivity index (χ1) is 11.7. The van der Waals surface area contributed by atoms with Crippen molar-refractivity contribution >= 4 is 28.6 Å². The molecule has 1 aromatic carbocycles. The molecule has 3 aromatic rings. The molecule has 2 aromatic heterocycles. The number of thiophene rings is 1. The Morgan fingerprint density at radius 1 is 1.25 bits per heavy atom. The summed E-state index contributed by atoms with van der Waals surface area (Å²) in [4.78, 5) is 19.1. The molecular formula is C18H18N2O2S2. The lowest BCUT2D eigenvalue weighted by molar-refractivity contribution is 0.0834. The molecule has 3 rings (SSSR count). The summed E-state index contributed by atoms with van der Waals surface area (Å²) >= 11 is 3.15. The molecule has 0 aliphatic carbocycles. The Balaban J connectivity index is 1.64. The molecule has 124 valence electrons. The van der Waals surface area contributed by atoms with Gasteiger partial charge in [-0.3, -0.25) is 4.79 Å². The van der Waals surface area contributed by atoms with Crippen LogP contribution >= 0.6 is 22.7 Å². The number of aryl methyl sites for hydroxylation is 1. The Kier molecular flexibility index (Phi) is 5.40. The van der Waals surface area contributed by atoms with E-state index in [1.54, 1.807) is 23.8 Å². The zero-order chi connectivity index (χ0) is 16.9. The third-order valence-electron chi connectivity index (χ3n) is 3.57. The third-order valence-corrected chi connectivity index (χ3v) is 5.55. The van der Waals surface area contributed by atoms with Gasteiger partial charge < -0.3 is 10.1 Å². The van der Waals surface area contributed by atoms with Crippen LogP contribution in [-0.4, -0.2) is 24.5 Å². The standard InChI is InChI=1S/C18H18N2O2S2/c1-12-8-9-16(24-12)15(22-2)10-19-17(21)14-11-23-18(20-14)13-6-4-3-5-7-13/h3-9,11,15H,10H2,1-2H3,(H,19,21)/t15-/m1/s1. The summed E-state index contributed by atoms with van der Waals surface area (Å²) < 4.78 is 5.49. The van der Waals surface area contributed by atoms with Crippen molar-refractivity contribution in [1.82, 2.24) is 10.3 Å². The SMILES string of the molecule is CO[C@H](CNC(=O)c1csc(-c2ccccc2)n1)c1ccc(C)s1. The van der Waals surface area contributed by atoms with Gasteiger partial charge in [0.25, 0.3) is 5.91 Å². The van der Waals surface area contributed by atoms with Gasteiger partial charge in [-0.05, 0) is 19.1 Å². The molecule has 0 saturated heterocycles. The molecule has 2 heterocycles. The fourth-order valence-corrected chi connectivity index (χ4v) is 4.06. The molecule has 1 amide bonds. The highest BCUT2D eigenvalue weighted by molar-refractivity contribution is 7.13. The summed E-state index contributed by atoms with van der Waals surface area (Å²) in [5.41, 5.74) is 1.46. The van der Waals surface area contributed by atoms with Crippen molar-refractivity contribution < 1.29 is 9.53 Å². The van der Waals surface area contributed by atoms with Gasteiger partial charge in [-0.15, -0.1) is 22.7 Å². The number of amides is 1. The first-order valence-electron chi connectivity index (χ1n) is 7.55. The summed E-state index contributed by atoms with van der Waals surface area (Å²) in [6.07, 6.45) is -0.139. The van der Waals surface area contributed by atoms with Crippen LogP contribution in [0.15, 0.2) is 47.8 Å². The maximum atomic E-state index is 12.3. The Labute approximate surface area is 149 Å². The topological polar surface area (TPSA) is 51.2 Å². The second kappa shape index (κ2) is 7.70. The van der Waals surface area contributed by atoms with Gasteiger partial charge in [-0.1, -0.05) is 30.3 Å². The van der Waals surface area contributed by atoms with E-state index in [-0.39, 0.29) is 12.0 Å². The summed E-state index contributed by atoms with van der Waals surface area (Å²) in [6, 6.07) is 13.9. The molecule has 0 aliphatic heterocycles. The number of carbonyl (C=O) groups excluding carboxylic acids is 1. The minimum absolute atomic E-state index is 0.139. The van der Waals surface area contributed by atoms with Crippen LogP contribution in [0.4, 0.5) is 0 Å². The predicted octanol–water partition coefficient (Wildman–Crippen LogP) is 4.30. The molecule has 0 saturated carbocycles. The molecule has 0 bridgehead atoms. The second-order valence-corrected chi connectivity index (χ2v) is 7.46. The quantitative estimate of drug-likeness (QED) is 0.715. The first-order valence-corrected chi connectivity index (χ1v) is 9.25. The van der Waals surface area contributed by atoms with Crippen LogP contribution in [0.25, 0.3) is 10.6 Å². The lowest BCUT2D eigenvalue weighted by atomic mass is 10.2. The Morgan fingerprint density at radius 3 is 2.71 bits per heavy atom. The number of hydrogen-bond acceptors (Lipinski definition) is 5. The predicted molar refractivity (Wildman–Crippen MR) is 98.7 cm³/mol. The number of nitrogens with zero attached hydrogens (tertiary/aromatic N) is 1. The van der Waals surface area contributed by atoms with Crippen LogP contribution in [0.5, 0.6) is 0 Å². The smallest absolute Gasteiger partial charge is 0.270 e. The summed E-state index contributed by atoms with van der Waals surface area (Å²) in [7, 11) is 1.65. The molecule has 0 aliphatic rings. The highest BCUT2D eigenvalue weighted by Crippen LogP contribution is 2.25. The van der Waals surface area contributed by atoms with Crippen LogP contribution in [0.2, 0.25) is 0 Å². The van der Waals surface area contributed by atoms with Gasteiger partial charge in [-0.25, -0.2) is 4.98 Å². The van der Waals surface area contributed by atoms with Crippen LogP contribution in [0, 0.1) is 6.92 Å². The van der Waals surface area contributed by atoms with E-state index in [1.807, 2.05) is 36.4 Å². The number of rotatable bonds is 6. The maximum absolute atomic E-state index is 12.3. The molecule has 1 atom stereocenters. The van der Waals surface area contributed by atoms with E-state index in [9.17, 15) is 4.79 Å². The summed E-state index contributed by atoms with van der Waals surface area (Å²) in [5.74, 6) is -0.177. The minimum atomic E-state index is -0.177. The Hall–Kier alpha value is -2.02. The van der Waals surface area contributed by atoms with E-state index in [0.29, 0.717) is 12.2 Å². The zero-order valence-corrected chi connectivity index (χ0v) is 15.1. The van der Waals surface area contributed by atoms with Crippen molar-refractivity contribution in [3.63, 3.8) is 0 Å². The normalized spacial score (nSPS) is 12.1. The van der Waals surface area contributed by atoms with Gasteiger partial charge in [0.1, 0.15) is 16.8 Å². The van der Waals surface area contributed by atoms with Gasteiger partial charge in [0.15, 0.2) is 0 Å². The number of hydrogen-bond donors (Lipinski definition) is 1. The molecular weight excluding hydrogens is 340 g/mol. The van der Waals surface area contributed by atoms with Gasteiger partial charge in [0.05, 0.1) is 0 Å². The molecule has 6 heteroatoms. The van der Waals surface area contributed by atoms with E-state index in [2.05, 4.69) is 23.3 Å². The number of methoxy groups -OCH3 is 1. The minimum Gasteiger partial charge on any atom is -0.374 e. The number of aromatic nitrogens is 1. The molecule has 0 fully saturated rings. The maximum Gasteiger partial charge on any atom is 0.270 e. The molecule has 24 heavy (non-hydrogen) atoms.